The largest absolute Gasteiger partial charge is 0.340 e. The van der Waals surface area contributed by atoms with Crippen LogP contribution in [0.2, 0.25) is 0 Å². The van der Waals surface area contributed by atoms with E-state index < -0.39 is 21.7 Å². The van der Waals surface area contributed by atoms with Crippen molar-refractivity contribution in [3.63, 3.8) is 0 Å². The van der Waals surface area contributed by atoms with Gasteiger partial charge in [-0.2, -0.15) is 9.57 Å². The number of para-hydroxylation sites is 2. The van der Waals surface area contributed by atoms with Gasteiger partial charge in [0.2, 0.25) is 10.0 Å². The molecule has 0 aliphatic carbocycles. The van der Waals surface area contributed by atoms with E-state index >= 15 is 0 Å². The molecule has 0 amide bonds. The molecule has 0 bridgehead atoms. The quantitative estimate of drug-likeness (QED) is 0.632. The van der Waals surface area contributed by atoms with Gasteiger partial charge in [0.05, 0.1) is 22.0 Å². The van der Waals surface area contributed by atoms with Crippen LogP contribution >= 0.6 is 0 Å². The molecule has 1 fully saturated rings. The van der Waals surface area contributed by atoms with Crippen LogP contribution in [-0.2, 0) is 10.0 Å². The smallest absolute Gasteiger partial charge is 0.243 e. The van der Waals surface area contributed by atoms with Gasteiger partial charge in [-0.3, -0.25) is 4.79 Å². The molecule has 1 saturated heterocycles. The third kappa shape index (κ3) is 3.86. The Bertz CT molecular complexity index is 1170. The monoisotopic (exact) mass is 422 g/mol. The van der Waals surface area contributed by atoms with Crippen LogP contribution in [0.15, 0.2) is 53.4 Å². The molecule has 2 heterocycles. The highest BCUT2D eigenvalue weighted by Crippen LogP contribution is 2.24. The van der Waals surface area contributed by atoms with E-state index in [-0.39, 0.29) is 16.3 Å². The van der Waals surface area contributed by atoms with Gasteiger partial charge in [-0.25, -0.2) is 13.4 Å². The van der Waals surface area contributed by atoms with Crippen molar-refractivity contribution < 1.29 is 13.2 Å². The molecule has 1 aromatic heterocycles. The van der Waals surface area contributed by atoms with Gasteiger partial charge >= 0.3 is 0 Å². The number of fused-ring (bicyclic) bond motifs is 1. The Balaban J connectivity index is 1.58. The van der Waals surface area contributed by atoms with Crippen LogP contribution in [-0.4, -0.2) is 41.6 Å². The van der Waals surface area contributed by atoms with Crippen molar-refractivity contribution in [1.29, 1.82) is 5.26 Å². The van der Waals surface area contributed by atoms with Crippen LogP contribution in [0.1, 0.15) is 47.8 Å². The van der Waals surface area contributed by atoms with E-state index in [0.717, 1.165) is 31.2 Å². The second-order valence-electron chi connectivity index (χ2n) is 7.41. The molecule has 0 saturated carbocycles. The number of sulfonamides is 1. The second kappa shape index (κ2) is 8.38. The van der Waals surface area contributed by atoms with Crippen molar-refractivity contribution in [2.45, 2.75) is 36.5 Å². The molecule has 1 aliphatic heterocycles. The van der Waals surface area contributed by atoms with E-state index in [2.05, 4.69) is 9.97 Å². The number of Topliss-reactive ketones (excluding diaryl/α,β-unsaturated/α-hetero) is 1. The zero-order chi connectivity index (χ0) is 21.1. The van der Waals surface area contributed by atoms with E-state index in [4.69, 9.17) is 0 Å². The molecule has 0 radical (unpaired) electrons. The summed E-state index contributed by atoms with van der Waals surface area (Å²) in [6, 6.07) is 15.2. The highest BCUT2D eigenvalue weighted by Gasteiger charge is 2.28. The summed E-state index contributed by atoms with van der Waals surface area (Å²) in [5, 5.41) is 9.58. The van der Waals surface area contributed by atoms with Crippen LogP contribution in [0.3, 0.4) is 0 Å². The van der Waals surface area contributed by atoms with Crippen molar-refractivity contribution >= 4 is 26.8 Å². The number of nitriles is 1. The van der Waals surface area contributed by atoms with Crippen molar-refractivity contribution in [3.8, 4) is 6.07 Å². The molecular weight excluding hydrogens is 400 g/mol. The van der Waals surface area contributed by atoms with Crippen LogP contribution in [0.4, 0.5) is 0 Å². The van der Waals surface area contributed by atoms with Crippen molar-refractivity contribution in [2.75, 3.05) is 13.1 Å². The van der Waals surface area contributed by atoms with E-state index in [0.29, 0.717) is 18.6 Å². The number of aromatic nitrogens is 2. The molecule has 7 nitrogen and oxygen atoms in total. The summed E-state index contributed by atoms with van der Waals surface area (Å²) >= 11 is 0. The number of imidazole rings is 1. The van der Waals surface area contributed by atoms with Crippen LogP contribution in [0, 0.1) is 11.3 Å². The molecule has 0 spiro atoms. The lowest BCUT2D eigenvalue weighted by atomic mass is 9.98. The van der Waals surface area contributed by atoms with Crippen LogP contribution < -0.4 is 0 Å². The molecule has 3 aromatic rings. The van der Waals surface area contributed by atoms with Crippen molar-refractivity contribution in [2.24, 2.45) is 0 Å². The lowest BCUT2D eigenvalue weighted by molar-refractivity contribution is 0.0976. The Morgan fingerprint density at radius 3 is 2.33 bits per heavy atom. The van der Waals surface area contributed by atoms with Crippen molar-refractivity contribution in [3.05, 3.63) is 59.9 Å². The van der Waals surface area contributed by atoms with E-state index in [1.54, 1.807) is 6.07 Å². The first-order valence-electron chi connectivity index (χ1n) is 9.99. The minimum absolute atomic E-state index is 0.165. The normalized spacial score (nSPS) is 16.6. The lowest BCUT2D eigenvalue weighted by Crippen LogP contribution is -2.31. The Morgan fingerprint density at radius 2 is 1.70 bits per heavy atom. The molecule has 1 aliphatic rings. The maximum atomic E-state index is 12.9. The maximum absolute atomic E-state index is 12.9. The van der Waals surface area contributed by atoms with E-state index in [1.165, 1.54) is 28.6 Å². The van der Waals surface area contributed by atoms with Gasteiger partial charge < -0.3 is 4.98 Å². The minimum atomic E-state index is -3.58. The third-order valence-corrected chi connectivity index (χ3v) is 7.33. The number of nitrogens with one attached hydrogen (secondary N) is 1. The van der Waals surface area contributed by atoms with Gasteiger partial charge in [0.25, 0.3) is 0 Å². The number of rotatable bonds is 5. The Hall–Kier alpha value is -3.02. The molecule has 4 rings (SSSR count). The zero-order valence-corrected chi connectivity index (χ0v) is 17.2. The fourth-order valence-corrected chi connectivity index (χ4v) is 5.26. The summed E-state index contributed by atoms with van der Waals surface area (Å²) < 4.78 is 27.3. The average Bonchev–Trinajstić information content (AvgIpc) is 2.98. The maximum Gasteiger partial charge on any atom is 0.243 e. The Labute approximate surface area is 175 Å². The fraction of sp³-hybridized carbons (Fsp3) is 0.318. The first-order valence-corrected chi connectivity index (χ1v) is 11.4. The number of hydrogen-bond acceptors (Lipinski definition) is 5. The molecule has 30 heavy (non-hydrogen) atoms. The van der Waals surface area contributed by atoms with Gasteiger partial charge in [0.15, 0.2) is 11.7 Å². The summed E-state index contributed by atoms with van der Waals surface area (Å²) in [4.78, 5) is 20.5. The van der Waals surface area contributed by atoms with Gasteiger partial charge in [0, 0.05) is 18.7 Å². The number of hydrogen-bond donors (Lipinski definition) is 1. The third-order valence-electron chi connectivity index (χ3n) is 5.41. The Kier molecular flexibility index (Phi) is 5.66. The fourth-order valence-electron chi connectivity index (χ4n) is 3.74. The summed E-state index contributed by atoms with van der Waals surface area (Å²) in [5.74, 6) is -1.23. The second-order valence-corrected chi connectivity index (χ2v) is 9.35. The standard InChI is InChI=1S/C22H22N4O3S/c23-15-18(22-24-19-7-3-4-8-20(19)25-22)21(27)16-9-11-17(12-10-16)30(28,29)26-13-5-1-2-6-14-26/h3-4,7-12,18H,1-2,5-6,13-14H2,(H,24,25)/t18-/m0/s1. The van der Waals surface area contributed by atoms with Gasteiger partial charge in [-0.1, -0.05) is 37.1 Å². The molecule has 154 valence electrons. The molecule has 2 aromatic carbocycles. The molecule has 8 heteroatoms. The molecule has 1 atom stereocenters. The number of benzene rings is 2. The molecular formula is C22H22N4O3S. The topological polar surface area (TPSA) is 107 Å². The predicted molar refractivity (Wildman–Crippen MR) is 112 cm³/mol. The lowest BCUT2D eigenvalue weighted by Gasteiger charge is -2.20. The summed E-state index contributed by atoms with van der Waals surface area (Å²) in [6.45, 7) is 1.04. The van der Waals surface area contributed by atoms with Crippen molar-refractivity contribution in [1.82, 2.24) is 14.3 Å². The van der Waals surface area contributed by atoms with Crippen LogP contribution in [0.5, 0.6) is 0 Å². The summed E-state index contributed by atoms with van der Waals surface area (Å²) in [7, 11) is -3.58. The summed E-state index contributed by atoms with van der Waals surface area (Å²) in [5.41, 5.74) is 1.70. The van der Waals surface area contributed by atoms with Gasteiger partial charge in [-0.05, 0) is 37.1 Å². The summed E-state index contributed by atoms with van der Waals surface area (Å²) in [6.07, 6.45) is 3.79. The number of ketones is 1. The van der Waals surface area contributed by atoms with Gasteiger partial charge in [-0.15, -0.1) is 0 Å². The predicted octanol–water partition coefficient (Wildman–Crippen LogP) is 3.62. The first kappa shape index (κ1) is 20.3. The minimum Gasteiger partial charge on any atom is -0.340 e. The SMILES string of the molecule is N#C[C@@H](C(=O)c1ccc(S(=O)(=O)N2CCCCCC2)cc1)c1nc2ccccc2[nH]1. The number of carbonyl (C=O) groups excluding carboxylic acids is 1. The van der Waals surface area contributed by atoms with Gasteiger partial charge in [0.1, 0.15) is 5.82 Å². The number of H-pyrrole nitrogens is 1. The number of aromatic amines is 1. The van der Waals surface area contributed by atoms with E-state index in [9.17, 15) is 18.5 Å². The highest BCUT2D eigenvalue weighted by atomic mass is 32.2. The zero-order valence-electron chi connectivity index (χ0n) is 16.4. The van der Waals surface area contributed by atoms with Crippen LogP contribution in [0.25, 0.3) is 11.0 Å². The highest BCUT2D eigenvalue weighted by molar-refractivity contribution is 7.89. The van der Waals surface area contributed by atoms with E-state index in [1.807, 2.05) is 24.3 Å². The first-order chi connectivity index (χ1) is 14.5. The molecule has 1 N–H and O–H groups in total. The average molecular weight is 423 g/mol. The number of nitrogens with zero attached hydrogens (tertiary/aromatic N) is 3. The number of carbonyl (C=O) groups is 1. The Morgan fingerprint density at radius 1 is 1.03 bits per heavy atom. The molecule has 0 unspecified atom stereocenters.